The molecule has 1 aromatic rings. The van der Waals surface area contributed by atoms with E-state index in [-0.39, 0.29) is 5.56 Å². The van der Waals surface area contributed by atoms with Gasteiger partial charge in [-0.1, -0.05) is 31.4 Å². The first-order valence-electron chi connectivity index (χ1n) is 6.45. The van der Waals surface area contributed by atoms with E-state index in [1.165, 1.54) is 4.90 Å². The minimum absolute atomic E-state index is 0.209. The van der Waals surface area contributed by atoms with Crippen LogP contribution in [0, 0.1) is 5.82 Å². The average Bonchev–Trinajstić information content (AvgIpc) is 2.39. The van der Waals surface area contributed by atoms with E-state index in [0.717, 1.165) is 25.3 Å². The number of halogens is 2. The Hall–Kier alpha value is -1.18. The lowest BCUT2D eigenvalue weighted by Crippen LogP contribution is -2.28. The highest BCUT2D eigenvalue weighted by Gasteiger charge is 2.22. The van der Waals surface area contributed by atoms with Gasteiger partial charge in [0.1, 0.15) is 5.82 Å². The summed E-state index contributed by atoms with van der Waals surface area (Å²) in [6.45, 7) is 2.51. The molecule has 0 aromatic heterocycles. The molecular weight excluding hydrogens is 319 g/mol. The zero-order valence-electron chi connectivity index (χ0n) is 11.9. The van der Waals surface area contributed by atoms with Gasteiger partial charge in [-0.2, -0.15) is 0 Å². The quantitative estimate of drug-likeness (QED) is 0.810. The topological polar surface area (TPSA) is 80.5 Å². The first kappa shape index (κ1) is 17.9. The van der Waals surface area contributed by atoms with Gasteiger partial charge in [-0.3, -0.25) is 4.79 Å². The second kappa shape index (κ2) is 7.20. The van der Waals surface area contributed by atoms with Gasteiger partial charge in [-0.25, -0.2) is 17.9 Å². The van der Waals surface area contributed by atoms with E-state index >= 15 is 0 Å². The van der Waals surface area contributed by atoms with Crippen LogP contribution in [0.4, 0.5) is 4.39 Å². The molecule has 0 spiro atoms. The van der Waals surface area contributed by atoms with Gasteiger partial charge in [0.25, 0.3) is 5.91 Å². The van der Waals surface area contributed by atoms with Crippen molar-refractivity contribution in [1.29, 1.82) is 0 Å². The number of nitrogens with two attached hydrogens (primary N) is 1. The molecule has 21 heavy (non-hydrogen) atoms. The standard InChI is InChI=1S/C13H18ClFN2O3S/c1-3-4-5-6-17(2)13(18)10-7-9(21(16,19)20)8-11(15)12(10)14/h7-8H,3-6H2,1-2H3,(H2,16,19,20). The molecule has 0 saturated carbocycles. The molecule has 0 fully saturated rings. The smallest absolute Gasteiger partial charge is 0.255 e. The van der Waals surface area contributed by atoms with Crippen LogP contribution in [0.3, 0.4) is 0 Å². The first-order valence-corrected chi connectivity index (χ1v) is 8.38. The van der Waals surface area contributed by atoms with Crippen LogP contribution in [-0.2, 0) is 10.0 Å². The first-order chi connectivity index (χ1) is 9.68. The molecule has 0 unspecified atom stereocenters. The Morgan fingerprint density at radius 2 is 2.00 bits per heavy atom. The van der Waals surface area contributed by atoms with Crippen LogP contribution in [0.2, 0.25) is 5.02 Å². The number of nitrogens with zero attached hydrogens (tertiary/aromatic N) is 1. The summed E-state index contributed by atoms with van der Waals surface area (Å²) in [5, 5.41) is 4.55. The average molecular weight is 337 g/mol. The Morgan fingerprint density at radius 3 is 2.52 bits per heavy atom. The summed E-state index contributed by atoms with van der Waals surface area (Å²) in [7, 11) is -2.56. The van der Waals surface area contributed by atoms with Gasteiger partial charge < -0.3 is 4.90 Å². The molecule has 0 bridgehead atoms. The number of carbonyl (C=O) groups excluding carboxylic acids is 1. The zero-order chi connectivity index (χ0) is 16.2. The lowest BCUT2D eigenvalue weighted by atomic mass is 10.1. The molecule has 5 nitrogen and oxygen atoms in total. The Bertz CT molecular complexity index is 635. The maximum Gasteiger partial charge on any atom is 0.255 e. The number of hydrogen-bond acceptors (Lipinski definition) is 3. The molecule has 0 aliphatic heterocycles. The number of benzene rings is 1. The Labute approximate surface area is 128 Å². The normalized spacial score (nSPS) is 11.5. The van der Waals surface area contributed by atoms with E-state index in [1.54, 1.807) is 7.05 Å². The Balaban J connectivity index is 3.11. The van der Waals surface area contributed by atoms with Crippen molar-refractivity contribution < 1.29 is 17.6 Å². The van der Waals surface area contributed by atoms with Gasteiger partial charge in [0.15, 0.2) is 0 Å². The minimum Gasteiger partial charge on any atom is -0.342 e. The van der Waals surface area contributed by atoms with E-state index in [2.05, 4.69) is 0 Å². The molecule has 118 valence electrons. The molecular formula is C13H18ClFN2O3S. The SMILES string of the molecule is CCCCCN(C)C(=O)c1cc(S(N)(=O)=O)cc(F)c1Cl. The van der Waals surface area contributed by atoms with Gasteiger partial charge in [-0.15, -0.1) is 0 Å². The minimum atomic E-state index is -4.11. The Kier molecular flexibility index (Phi) is 6.12. The number of primary sulfonamides is 1. The molecule has 8 heteroatoms. The third-order valence-electron chi connectivity index (χ3n) is 3.00. The van der Waals surface area contributed by atoms with Crippen LogP contribution in [0.15, 0.2) is 17.0 Å². The second-order valence-corrected chi connectivity index (χ2v) is 6.68. The van der Waals surface area contributed by atoms with Crippen LogP contribution in [0.25, 0.3) is 0 Å². The predicted octanol–water partition coefficient (Wildman–Crippen LogP) is 2.39. The van der Waals surface area contributed by atoms with Crippen molar-refractivity contribution in [2.24, 2.45) is 5.14 Å². The van der Waals surface area contributed by atoms with Crippen molar-refractivity contribution in [1.82, 2.24) is 4.90 Å². The predicted molar refractivity (Wildman–Crippen MR) is 79.3 cm³/mol. The van der Waals surface area contributed by atoms with E-state index in [4.69, 9.17) is 16.7 Å². The third kappa shape index (κ3) is 4.66. The third-order valence-corrected chi connectivity index (χ3v) is 4.28. The summed E-state index contributed by atoms with van der Waals surface area (Å²) in [6, 6.07) is 1.70. The number of unbranched alkanes of at least 4 members (excludes halogenated alkanes) is 2. The van der Waals surface area contributed by atoms with Crippen molar-refractivity contribution in [3.05, 3.63) is 28.5 Å². The summed E-state index contributed by atoms with van der Waals surface area (Å²) in [5.41, 5.74) is -0.209. The van der Waals surface area contributed by atoms with E-state index in [1.807, 2.05) is 6.92 Å². The lowest BCUT2D eigenvalue weighted by molar-refractivity contribution is 0.0792. The van der Waals surface area contributed by atoms with Crippen molar-refractivity contribution >= 4 is 27.5 Å². The van der Waals surface area contributed by atoms with Gasteiger partial charge in [0.2, 0.25) is 10.0 Å². The maximum absolute atomic E-state index is 13.7. The van der Waals surface area contributed by atoms with Crippen molar-refractivity contribution in [2.75, 3.05) is 13.6 Å². The Morgan fingerprint density at radius 1 is 1.38 bits per heavy atom. The highest BCUT2D eigenvalue weighted by atomic mass is 35.5. The highest BCUT2D eigenvalue weighted by molar-refractivity contribution is 7.89. The molecule has 0 aliphatic rings. The number of sulfonamides is 1. The van der Waals surface area contributed by atoms with Crippen molar-refractivity contribution in [3.8, 4) is 0 Å². The summed E-state index contributed by atoms with van der Waals surface area (Å²) in [5.74, 6) is -1.53. The van der Waals surface area contributed by atoms with Gasteiger partial charge in [-0.05, 0) is 18.6 Å². The van der Waals surface area contributed by atoms with Crippen molar-refractivity contribution in [3.63, 3.8) is 0 Å². The maximum atomic E-state index is 13.7. The monoisotopic (exact) mass is 336 g/mol. The largest absolute Gasteiger partial charge is 0.342 e. The molecule has 2 N–H and O–H groups in total. The fourth-order valence-electron chi connectivity index (χ4n) is 1.79. The number of rotatable bonds is 6. The number of carbonyl (C=O) groups is 1. The van der Waals surface area contributed by atoms with E-state index in [9.17, 15) is 17.6 Å². The molecule has 1 rings (SSSR count). The van der Waals surface area contributed by atoms with Crippen LogP contribution >= 0.6 is 11.6 Å². The zero-order valence-corrected chi connectivity index (χ0v) is 13.5. The highest BCUT2D eigenvalue weighted by Crippen LogP contribution is 2.25. The van der Waals surface area contributed by atoms with Gasteiger partial charge >= 0.3 is 0 Å². The fraction of sp³-hybridized carbons (Fsp3) is 0.462. The summed E-state index contributed by atoms with van der Waals surface area (Å²) < 4.78 is 36.3. The molecule has 1 aromatic carbocycles. The molecule has 0 atom stereocenters. The number of amides is 1. The van der Waals surface area contributed by atoms with Crippen molar-refractivity contribution in [2.45, 2.75) is 31.1 Å². The summed E-state index contributed by atoms with van der Waals surface area (Å²) >= 11 is 5.76. The van der Waals surface area contributed by atoms with Crippen LogP contribution < -0.4 is 5.14 Å². The second-order valence-electron chi connectivity index (χ2n) is 4.75. The van der Waals surface area contributed by atoms with Gasteiger partial charge in [0.05, 0.1) is 15.5 Å². The fourth-order valence-corrected chi connectivity index (χ4v) is 2.53. The van der Waals surface area contributed by atoms with E-state index < -0.39 is 31.7 Å². The van der Waals surface area contributed by atoms with Crippen LogP contribution in [-0.4, -0.2) is 32.8 Å². The summed E-state index contributed by atoms with van der Waals surface area (Å²) in [4.78, 5) is 13.1. The molecule has 1 amide bonds. The van der Waals surface area contributed by atoms with E-state index in [0.29, 0.717) is 12.6 Å². The van der Waals surface area contributed by atoms with Crippen LogP contribution in [0.5, 0.6) is 0 Å². The summed E-state index contributed by atoms with van der Waals surface area (Å²) in [6.07, 6.45) is 2.75. The molecule has 0 heterocycles. The van der Waals surface area contributed by atoms with Crippen LogP contribution in [0.1, 0.15) is 36.5 Å². The molecule has 0 saturated heterocycles. The molecule has 0 radical (unpaired) electrons. The van der Waals surface area contributed by atoms with Gasteiger partial charge in [0, 0.05) is 13.6 Å². The lowest BCUT2D eigenvalue weighted by Gasteiger charge is -2.18. The number of hydrogen-bond donors (Lipinski definition) is 1. The molecule has 0 aliphatic carbocycles.